The van der Waals surface area contributed by atoms with Crippen LogP contribution in [0, 0.1) is 11.8 Å². The summed E-state index contributed by atoms with van der Waals surface area (Å²) in [6.45, 7) is 2.72. The molecule has 4 N–H and O–H groups in total. The van der Waals surface area contributed by atoms with Crippen molar-refractivity contribution in [1.29, 1.82) is 0 Å². The normalized spacial score (nSPS) is 11.9. The number of quaternary nitrogens is 1. The molecule has 0 rings (SSSR count). The van der Waals surface area contributed by atoms with Crippen LogP contribution in [0.4, 0.5) is 0 Å². The van der Waals surface area contributed by atoms with Crippen LogP contribution in [-0.2, 0) is 0 Å². The van der Waals surface area contributed by atoms with Crippen LogP contribution in [0.5, 0.6) is 0 Å². The summed E-state index contributed by atoms with van der Waals surface area (Å²) in [5.41, 5.74) is 3.59. The van der Waals surface area contributed by atoms with Crippen molar-refractivity contribution in [2.45, 2.75) is 13.0 Å². The minimum Gasteiger partial charge on any atom is -0.347 e. The highest BCUT2D eigenvalue weighted by Crippen LogP contribution is 1.70. The molecule has 0 bridgehead atoms. The van der Waals surface area contributed by atoms with E-state index < -0.39 is 0 Å². The summed E-state index contributed by atoms with van der Waals surface area (Å²) in [5, 5.41) is 3.00. The molecule has 0 aliphatic carbocycles. The lowest BCUT2D eigenvalue weighted by Crippen LogP contribution is -2.49. The topological polar surface area (TPSA) is 39.7 Å². The first-order valence-electron chi connectivity index (χ1n) is 2.76. The third kappa shape index (κ3) is 3.66. The lowest BCUT2D eigenvalue weighted by Gasteiger charge is -1.96. The van der Waals surface area contributed by atoms with Gasteiger partial charge in [0, 0.05) is 0 Å². The number of hydrogen-bond acceptors (Lipinski definition) is 1. The highest BCUT2D eigenvalue weighted by atomic mass is 14.8. The first-order valence-corrected chi connectivity index (χ1v) is 2.76. The Hall–Kier alpha value is -0.520. The third-order valence-electron chi connectivity index (χ3n) is 0.877. The molecule has 0 heterocycles. The molecule has 8 heavy (non-hydrogen) atoms. The van der Waals surface area contributed by atoms with Gasteiger partial charge in [0.25, 0.3) is 0 Å². The van der Waals surface area contributed by atoms with Gasteiger partial charge < -0.3 is 11.1 Å². The third-order valence-corrected chi connectivity index (χ3v) is 0.877. The summed E-state index contributed by atoms with van der Waals surface area (Å²) in [5.74, 6) is 5.83. The molecule has 0 aromatic heterocycles. The standard InChI is InChI=1S/C6H12N2/c1-6(8-2)4-3-5-7/h6,8H,5,7H2,1-2H3/p+1. The number of rotatable bonds is 1. The average Bonchev–Trinajstić information content (AvgIpc) is 1.83. The molecule has 1 atom stereocenters. The predicted molar refractivity (Wildman–Crippen MR) is 34.1 cm³/mol. The second-order valence-corrected chi connectivity index (χ2v) is 1.58. The van der Waals surface area contributed by atoms with E-state index in [1.54, 1.807) is 0 Å². The van der Waals surface area contributed by atoms with Crippen LogP contribution in [0.1, 0.15) is 6.92 Å². The zero-order valence-electron chi connectivity index (χ0n) is 5.49. The van der Waals surface area contributed by atoms with Crippen LogP contribution in [-0.4, -0.2) is 19.6 Å². The molecular formula is C6H13N2+. The first-order chi connectivity index (χ1) is 3.81. The SMILES string of the molecule is CNC(C)C#CC[NH3+]. The second-order valence-electron chi connectivity index (χ2n) is 1.58. The van der Waals surface area contributed by atoms with Crippen LogP contribution in [0.15, 0.2) is 0 Å². The Morgan fingerprint density at radius 2 is 2.38 bits per heavy atom. The van der Waals surface area contributed by atoms with E-state index in [9.17, 15) is 0 Å². The van der Waals surface area contributed by atoms with Gasteiger partial charge in [-0.25, -0.2) is 0 Å². The van der Waals surface area contributed by atoms with Crippen LogP contribution in [0.2, 0.25) is 0 Å². The van der Waals surface area contributed by atoms with Gasteiger partial charge in [-0.15, -0.1) is 0 Å². The highest BCUT2D eigenvalue weighted by Gasteiger charge is 1.84. The van der Waals surface area contributed by atoms with Crippen LogP contribution >= 0.6 is 0 Å². The predicted octanol–water partition coefficient (Wildman–Crippen LogP) is -1.16. The van der Waals surface area contributed by atoms with Gasteiger partial charge in [0.1, 0.15) is 6.54 Å². The maximum absolute atomic E-state index is 3.59. The maximum atomic E-state index is 3.59. The Morgan fingerprint density at radius 3 is 2.75 bits per heavy atom. The van der Waals surface area contributed by atoms with Crippen molar-refractivity contribution in [2.75, 3.05) is 13.6 Å². The van der Waals surface area contributed by atoms with E-state index in [-0.39, 0.29) is 0 Å². The molecule has 0 fully saturated rings. The molecule has 2 heteroatoms. The molecular weight excluding hydrogens is 100 g/mol. The molecule has 0 amide bonds. The minimum atomic E-state index is 0.303. The fourth-order valence-electron chi connectivity index (χ4n) is 0.297. The Morgan fingerprint density at radius 1 is 1.75 bits per heavy atom. The van der Waals surface area contributed by atoms with Gasteiger partial charge in [-0.2, -0.15) is 0 Å². The Labute approximate surface area is 50.5 Å². The van der Waals surface area contributed by atoms with Gasteiger partial charge in [0.05, 0.1) is 6.04 Å². The van der Waals surface area contributed by atoms with Crippen LogP contribution < -0.4 is 11.1 Å². The maximum Gasteiger partial charge on any atom is 0.136 e. The minimum absolute atomic E-state index is 0.303. The molecule has 2 nitrogen and oxygen atoms in total. The van der Waals surface area contributed by atoms with E-state index in [0.717, 1.165) is 0 Å². The highest BCUT2D eigenvalue weighted by molar-refractivity contribution is 5.05. The summed E-state index contributed by atoms with van der Waals surface area (Å²) in [4.78, 5) is 0. The monoisotopic (exact) mass is 113 g/mol. The fourth-order valence-corrected chi connectivity index (χ4v) is 0.297. The van der Waals surface area contributed by atoms with Crippen molar-refractivity contribution in [2.24, 2.45) is 0 Å². The van der Waals surface area contributed by atoms with Crippen LogP contribution in [0.3, 0.4) is 0 Å². The van der Waals surface area contributed by atoms with Crippen LogP contribution in [0.25, 0.3) is 0 Å². The van der Waals surface area contributed by atoms with Gasteiger partial charge in [-0.05, 0) is 19.9 Å². The van der Waals surface area contributed by atoms with Crippen molar-refractivity contribution >= 4 is 0 Å². The number of hydrogen-bond donors (Lipinski definition) is 2. The second kappa shape index (κ2) is 4.63. The summed E-state index contributed by atoms with van der Waals surface area (Å²) in [7, 11) is 1.89. The van der Waals surface area contributed by atoms with Gasteiger partial charge >= 0.3 is 0 Å². The van der Waals surface area contributed by atoms with Crippen molar-refractivity contribution in [3.05, 3.63) is 0 Å². The zero-order valence-corrected chi connectivity index (χ0v) is 5.49. The summed E-state index contributed by atoms with van der Waals surface area (Å²) in [6.07, 6.45) is 0. The molecule has 0 spiro atoms. The van der Waals surface area contributed by atoms with Gasteiger partial charge in [-0.3, -0.25) is 0 Å². The zero-order chi connectivity index (χ0) is 6.41. The molecule has 1 unspecified atom stereocenters. The van der Waals surface area contributed by atoms with Crippen molar-refractivity contribution < 1.29 is 5.73 Å². The Bertz CT molecular complexity index is 98.8. The molecule has 0 saturated heterocycles. The van der Waals surface area contributed by atoms with E-state index in [2.05, 4.69) is 22.9 Å². The smallest absolute Gasteiger partial charge is 0.136 e. The van der Waals surface area contributed by atoms with Crippen molar-refractivity contribution in [1.82, 2.24) is 5.32 Å². The largest absolute Gasteiger partial charge is 0.347 e. The lowest BCUT2D eigenvalue weighted by atomic mass is 10.3. The summed E-state index contributed by atoms with van der Waals surface area (Å²) in [6, 6.07) is 0.303. The van der Waals surface area contributed by atoms with Gasteiger partial charge in [0.15, 0.2) is 0 Å². The Balaban J connectivity index is 3.35. The molecule has 0 radical (unpaired) electrons. The summed E-state index contributed by atoms with van der Waals surface area (Å²) < 4.78 is 0. The molecule has 0 aromatic carbocycles. The van der Waals surface area contributed by atoms with Gasteiger partial charge in [0.2, 0.25) is 0 Å². The molecule has 0 saturated carbocycles. The fraction of sp³-hybridized carbons (Fsp3) is 0.667. The number of nitrogens with one attached hydrogen (secondary N) is 1. The summed E-state index contributed by atoms with van der Waals surface area (Å²) >= 11 is 0. The van der Waals surface area contributed by atoms with E-state index in [1.807, 2.05) is 14.0 Å². The van der Waals surface area contributed by atoms with Crippen molar-refractivity contribution in [3.8, 4) is 11.8 Å². The average molecular weight is 113 g/mol. The molecule has 0 aliphatic heterocycles. The van der Waals surface area contributed by atoms with E-state index >= 15 is 0 Å². The van der Waals surface area contributed by atoms with E-state index in [0.29, 0.717) is 12.6 Å². The lowest BCUT2D eigenvalue weighted by molar-refractivity contribution is -0.349. The quantitative estimate of drug-likeness (QED) is 0.414. The molecule has 46 valence electrons. The van der Waals surface area contributed by atoms with Crippen molar-refractivity contribution in [3.63, 3.8) is 0 Å². The van der Waals surface area contributed by atoms with E-state index in [4.69, 9.17) is 0 Å². The Kier molecular flexibility index (Phi) is 4.33. The molecule has 0 aliphatic rings. The molecule has 0 aromatic rings. The van der Waals surface area contributed by atoms with E-state index in [1.165, 1.54) is 0 Å². The van der Waals surface area contributed by atoms with Gasteiger partial charge in [-0.1, -0.05) is 5.92 Å². The first kappa shape index (κ1) is 7.48.